The molecule has 0 atom stereocenters. The fourth-order valence-electron chi connectivity index (χ4n) is 4.86. The smallest absolute Gasteiger partial charge is 0.263 e. The number of ketones is 1. The van der Waals surface area contributed by atoms with Gasteiger partial charge in [0.25, 0.3) is 11.5 Å². The molecule has 7 nitrogen and oxygen atoms in total. The summed E-state index contributed by atoms with van der Waals surface area (Å²) < 4.78 is 1.70. The Morgan fingerprint density at radius 1 is 1.12 bits per heavy atom. The third kappa shape index (κ3) is 3.87. The van der Waals surface area contributed by atoms with Gasteiger partial charge in [-0.05, 0) is 75.0 Å². The normalized spacial score (nSPS) is 16.5. The summed E-state index contributed by atoms with van der Waals surface area (Å²) in [4.78, 5) is 41.6. The predicted octanol–water partition coefficient (Wildman–Crippen LogP) is 3.76. The summed E-state index contributed by atoms with van der Waals surface area (Å²) in [5.41, 5.74) is 3.78. The van der Waals surface area contributed by atoms with Crippen LogP contribution in [0.25, 0.3) is 10.9 Å². The van der Waals surface area contributed by atoms with Crippen LogP contribution < -0.4 is 16.2 Å². The zero-order valence-electron chi connectivity index (χ0n) is 18.0. The summed E-state index contributed by atoms with van der Waals surface area (Å²) >= 11 is 0. The van der Waals surface area contributed by atoms with Crippen molar-refractivity contribution in [1.29, 1.82) is 0 Å². The molecule has 1 aliphatic carbocycles. The minimum Gasteiger partial charge on any atom is -0.352 e. The maximum atomic E-state index is 13.1. The molecule has 32 heavy (non-hydrogen) atoms. The summed E-state index contributed by atoms with van der Waals surface area (Å²) in [6.45, 7) is 3.53. The molecule has 5 rings (SSSR count). The van der Waals surface area contributed by atoms with Crippen molar-refractivity contribution in [3.63, 3.8) is 0 Å². The number of halogens is 1. The average Bonchev–Trinajstić information content (AvgIpc) is 3.14. The molecule has 1 aliphatic heterocycles. The van der Waals surface area contributed by atoms with E-state index in [2.05, 4.69) is 15.6 Å². The van der Waals surface area contributed by atoms with Gasteiger partial charge in [0.1, 0.15) is 5.56 Å². The highest BCUT2D eigenvalue weighted by atomic mass is 35.5. The molecule has 8 heteroatoms. The Kier molecular flexibility index (Phi) is 6.22. The number of aryl methyl sites for hydroxylation is 2. The van der Waals surface area contributed by atoms with Gasteiger partial charge < -0.3 is 20.2 Å². The largest absolute Gasteiger partial charge is 0.352 e. The lowest BCUT2D eigenvalue weighted by atomic mass is 9.95. The number of hydrogen-bond donors (Lipinski definition) is 3. The zero-order valence-corrected chi connectivity index (χ0v) is 18.8. The van der Waals surface area contributed by atoms with E-state index in [0.29, 0.717) is 23.4 Å². The number of pyridine rings is 1. The molecule has 3 heterocycles. The fraction of sp³-hybridized carbons (Fsp3) is 0.375. The second-order valence-corrected chi connectivity index (χ2v) is 8.54. The number of benzene rings is 1. The number of aromatic nitrogens is 2. The van der Waals surface area contributed by atoms with Crippen molar-refractivity contribution in [2.75, 3.05) is 18.4 Å². The Bertz CT molecular complexity index is 1250. The Morgan fingerprint density at radius 3 is 2.69 bits per heavy atom. The number of Topliss-reactive ketones (excluding diaryl/α,β-unsaturated/α-hetero) is 1. The molecule has 2 aromatic heterocycles. The lowest BCUT2D eigenvalue weighted by Gasteiger charge is -2.25. The number of fused-ring (bicyclic) bond motifs is 3. The third-order valence-electron chi connectivity index (χ3n) is 6.53. The van der Waals surface area contributed by atoms with Gasteiger partial charge in [-0.3, -0.25) is 14.4 Å². The van der Waals surface area contributed by atoms with Gasteiger partial charge in [-0.25, -0.2) is 0 Å². The average molecular weight is 455 g/mol. The van der Waals surface area contributed by atoms with E-state index in [0.717, 1.165) is 55.2 Å². The van der Waals surface area contributed by atoms with E-state index in [4.69, 9.17) is 0 Å². The van der Waals surface area contributed by atoms with E-state index in [9.17, 15) is 14.4 Å². The standard InChI is InChI=1S/C24H26N4O3.ClH/c1-14-9-12-28(16-7-10-25-11-8-16)24(31)21(14)23(30)26-15-5-6-17-18-3-2-4-20(29)22(18)27-19(17)13-15;/h5-6,9,12-13,16,25,27H,2-4,7-8,10-11H2,1H3,(H,26,30);1H. The van der Waals surface area contributed by atoms with Crippen molar-refractivity contribution in [1.82, 2.24) is 14.9 Å². The number of H-pyrrole nitrogens is 1. The van der Waals surface area contributed by atoms with Crippen LogP contribution >= 0.6 is 12.4 Å². The summed E-state index contributed by atoms with van der Waals surface area (Å²) in [6, 6.07) is 7.55. The van der Waals surface area contributed by atoms with Crippen molar-refractivity contribution in [3.8, 4) is 0 Å². The van der Waals surface area contributed by atoms with E-state index < -0.39 is 5.91 Å². The number of piperidine rings is 1. The summed E-state index contributed by atoms with van der Waals surface area (Å²) in [6.07, 6.45) is 5.87. The molecule has 1 amide bonds. The molecular formula is C24H27ClN4O3. The molecular weight excluding hydrogens is 428 g/mol. The molecule has 0 saturated carbocycles. The fourth-order valence-corrected chi connectivity index (χ4v) is 4.86. The van der Waals surface area contributed by atoms with Crippen LogP contribution in [-0.4, -0.2) is 34.3 Å². The molecule has 0 spiro atoms. The minimum absolute atomic E-state index is 0. The van der Waals surface area contributed by atoms with Crippen LogP contribution in [-0.2, 0) is 6.42 Å². The van der Waals surface area contributed by atoms with E-state index in [1.54, 1.807) is 17.7 Å². The number of hydrogen-bond acceptors (Lipinski definition) is 4. The van der Waals surface area contributed by atoms with Crippen molar-refractivity contribution < 1.29 is 9.59 Å². The highest BCUT2D eigenvalue weighted by Crippen LogP contribution is 2.30. The molecule has 0 bridgehead atoms. The predicted molar refractivity (Wildman–Crippen MR) is 127 cm³/mol. The van der Waals surface area contributed by atoms with E-state index in [-0.39, 0.29) is 35.4 Å². The first kappa shape index (κ1) is 22.3. The number of rotatable bonds is 3. The van der Waals surface area contributed by atoms with Crippen LogP contribution in [0.2, 0.25) is 0 Å². The topological polar surface area (TPSA) is 96.0 Å². The third-order valence-corrected chi connectivity index (χ3v) is 6.53. The van der Waals surface area contributed by atoms with Crippen molar-refractivity contribution >= 4 is 40.7 Å². The number of carbonyl (C=O) groups is 2. The first-order valence-electron chi connectivity index (χ1n) is 10.9. The highest BCUT2D eigenvalue weighted by Gasteiger charge is 2.23. The molecule has 1 fully saturated rings. The van der Waals surface area contributed by atoms with Crippen molar-refractivity contribution in [3.05, 3.63) is 63.2 Å². The lowest BCUT2D eigenvalue weighted by Crippen LogP contribution is -2.37. The second kappa shape index (κ2) is 8.92. The van der Waals surface area contributed by atoms with Gasteiger partial charge in [0.05, 0.1) is 5.69 Å². The Hall–Kier alpha value is -2.90. The van der Waals surface area contributed by atoms with Crippen LogP contribution in [0.4, 0.5) is 5.69 Å². The van der Waals surface area contributed by atoms with Crippen molar-refractivity contribution in [2.45, 2.75) is 45.1 Å². The van der Waals surface area contributed by atoms with Gasteiger partial charge in [0.15, 0.2) is 5.78 Å². The van der Waals surface area contributed by atoms with Crippen LogP contribution in [0.5, 0.6) is 0 Å². The quantitative estimate of drug-likeness (QED) is 0.561. The van der Waals surface area contributed by atoms with Gasteiger partial charge in [-0.1, -0.05) is 6.07 Å². The van der Waals surface area contributed by atoms with E-state index in [1.807, 2.05) is 24.3 Å². The molecule has 2 aliphatic rings. The SMILES string of the molecule is Cc1ccn(C2CCNCC2)c(=O)c1C(=O)Nc1ccc2c3c([nH]c2c1)C(=O)CCC3.Cl. The first-order valence-corrected chi connectivity index (χ1v) is 10.9. The number of amides is 1. The van der Waals surface area contributed by atoms with Crippen LogP contribution in [0, 0.1) is 6.92 Å². The summed E-state index contributed by atoms with van der Waals surface area (Å²) in [7, 11) is 0. The Balaban J connectivity index is 0.00000245. The monoisotopic (exact) mass is 454 g/mol. The van der Waals surface area contributed by atoms with Crippen molar-refractivity contribution in [2.24, 2.45) is 0 Å². The summed E-state index contributed by atoms with van der Waals surface area (Å²) in [5, 5.41) is 7.20. The van der Waals surface area contributed by atoms with Crippen LogP contribution in [0.3, 0.4) is 0 Å². The number of nitrogens with one attached hydrogen (secondary N) is 3. The van der Waals surface area contributed by atoms with Gasteiger partial charge in [0, 0.05) is 35.2 Å². The molecule has 168 valence electrons. The van der Waals surface area contributed by atoms with E-state index in [1.165, 1.54) is 0 Å². The number of aromatic amines is 1. The van der Waals surface area contributed by atoms with Gasteiger partial charge in [-0.15, -0.1) is 12.4 Å². The second-order valence-electron chi connectivity index (χ2n) is 8.54. The van der Waals surface area contributed by atoms with Crippen LogP contribution in [0.1, 0.15) is 63.7 Å². The number of nitrogens with zero attached hydrogens (tertiary/aromatic N) is 1. The molecule has 1 saturated heterocycles. The maximum Gasteiger partial charge on any atom is 0.263 e. The van der Waals surface area contributed by atoms with Crippen LogP contribution in [0.15, 0.2) is 35.3 Å². The molecule has 1 aromatic carbocycles. The van der Waals surface area contributed by atoms with Gasteiger partial charge in [-0.2, -0.15) is 0 Å². The molecule has 0 radical (unpaired) electrons. The van der Waals surface area contributed by atoms with Gasteiger partial charge >= 0.3 is 0 Å². The van der Waals surface area contributed by atoms with E-state index >= 15 is 0 Å². The minimum atomic E-state index is -0.405. The molecule has 3 aromatic rings. The lowest BCUT2D eigenvalue weighted by molar-refractivity contribution is 0.0967. The first-order chi connectivity index (χ1) is 15.0. The molecule has 0 unspecified atom stereocenters. The van der Waals surface area contributed by atoms with Gasteiger partial charge in [0.2, 0.25) is 0 Å². The Morgan fingerprint density at radius 2 is 1.91 bits per heavy atom. The molecule has 3 N–H and O–H groups in total. The Labute approximate surface area is 192 Å². The summed E-state index contributed by atoms with van der Waals surface area (Å²) in [5.74, 6) is -0.265. The number of anilines is 1. The number of carbonyl (C=O) groups excluding carboxylic acids is 2. The zero-order chi connectivity index (χ0) is 21.5. The maximum absolute atomic E-state index is 13.1. The highest BCUT2D eigenvalue weighted by molar-refractivity contribution is 6.07.